The van der Waals surface area contributed by atoms with Crippen LogP contribution in [-0.2, 0) is 9.53 Å². The highest BCUT2D eigenvalue weighted by Gasteiger charge is 2.39. The minimum Gasteiger partial charge on any atom is -0.479 e. The van der Waals surface area contributed by atoms with Gasteiger partial charge in [-0.3, -0.25) is 0 Å². The SMILES string of the molecule is COC(C(=O)O)[C@@H]1C[C@H](C)CC[C@H]1C(C)C. The van der Waals surface area contributed by atoms with Gasteiger partial charge in [0.1, 0.15) is 0 Å². The van der Waals surface area contributed by atoms with Crippen LogP contribution in [0.1, 0.15) is 40.0 Å². The first-order chi connectivity index (χ1) is 7.47. The smallest absolute Gasteiger partial charge is 0.333 e. The van der Waals surface area contributed by atoms with Crippen LogP contribution < -0.4 is 0 Å². The Morgan fingerprint density at radius 3 is 2.38 bits per heavy atom. The van der Waals surface area contributed by atoms with E-state index < -0.39 is 12.1 Å². The lowest BCUT2D eigenvalue weighted by atomic mass is 9.68. The van der Waals surface area contributed by atoms with Gasteiger partial charge in [0.05, 0.1) is 0 Å². The normalized spacial score (nSPS) is 32.7. The molecule has 0 aromatic rings. The van der Waals surface area contributed by atoms with Crippen molar-refractivity contribution < 1.29 is 14.6 Å². The second-order valence-electron chi connectivity index (χ2n) is 5.48. The van der Waals surface area contributed by atoms with Crippen molar-refractivity contribution in [3.63, 3.8) is 0 Å². The molecule has 1 N–H and O–H groups in total. The third-order valence-corrected chi connectivity index (χ3v) is 3.96. The molecule has 0 aromatic heterocycles. The number of rotatable bonds is 4. The molecule has 1 rings (SSSR count). The zero-order valence-corrected chi connectivity index (χ0v) is 10.8. The van der Waals surface area contributed by atoms with Crippen LogP contribution in [0.2, 0.25) is 0 Å². The number of aliphatic carboxylic acids is 1. The van der Waals surface area contributed by atoms with E-state index in [1.807, 2.05) is 0 Å². The van der Waals surface area contributed by atoms with Crippen molar-refractivity contribution >= 4 is 5.97 Å². The van der Waals surface area contributed by atoms with Crippen LogP contribution in [0.3, 0.4) is 0 Å². The maximum absolute atomic E-state index is 11.2. The van der Waals surface area contributed by atoms with Crippen molar-refractivity contribution in [2.45, 2.75) is 46.1 Å². The van der Waals surface area contributed by atoms with E-state index in [1.54, 1.807) is 0 Å². The molecular weight excluding hydrogens is 204 g/mol. The molecule has 3 heteroatoms. The second-order valence-corrected chi connectivity index (χ2v) is 5.48. The van der Waals surface area contributed by atoms with Crippen molar-refractivity contribution in [2.24, 2.45) is 23.7 Å². The molecule has 1 unspecified atom stereocenters. The summed E-state index contributed by atoms with van der Waals surface area (Å²) in [5.41, 5.74) is 0. The number of carbonyl (C=O) groups is 1. The van der Waals surface area contributed by atoms with Gasteiger partial charge in [-0.25, -0.2) is 4.79 Å². The van der Waals surface area contributed by atoms with Gasteiger partial charge < -0.3 is 9.84 Å². The third-order valence-electron chi connectivity index (χ3n) is 3.96. The summed E-state index contributed by atoms with van der Waals surface area (Å²) in [7, 11) is 1.51. The molecule has 0 aliphatic heterocycles. The van der Waals surface area contributed by atoms with E-state index in [4.69, 9.17) is 4.74 Å². The highest BCUT2D eigenvalue weighted by molar-refractivity contribution is 5.72. The average Bonchev–Trinajstić information content (AvgIpc) is 2.17. The first kappa shape index (κ1) is 13.5. The summed E-state index contributed by atoms with van der Waals surface area (Å²) in [5, 5.41) is 9.19. The summed E-state index contributed by atoms with van der Waals surface area (Å²) in [6.45, 7) is 6.57. The highest BCUT2D eigenvalue weighted by atomic mass is 16.5. The van der Waals surface area contributed by atoms with Gasteiger partial charge in [-0.05, 0) is 36.5 Å². The Hall–Kier alpha value is -0.570. The summed E-state index contributed by atoms with van der Waals surface area (Å²) in [5.74, 6) is 1.00. The van der Waals surface area contributed by atoms with Crippen LogP contribution >= 0.6 is 0 Å². The zero-order valence-electron chi connectivity index (χ0n) is 10.8. The number of hydrogen-bond donors (Lipinski definition) is 1. The summed E-state index contributed by atoms with van der Waals surface area (Å²) in [6.07, 6.45) is 2.70. The maximum atomic E-state index is 11.2. The maximum Gasteiger partial charge on any atom is 0.333 e. The second kappa shape index (κ2) is 5.67. The molecule has 1 aliphatic carbocycles. The Morgan fingerprint density at radius 2 is 1.94 bits per heavy atom. The van der Waals surface area contributed by atoms with Crippen LogP contribution in [0.4, 0.5) is 0 Å². The summed E-state index contributed by atoms with van der Waals surface area (Å²) in [4.78, 5) is 11.2. The standard InChI is InChI=1S/C13H24O3/c1-8(2)10-6-5-9(3)7-11(10)12(16-4)13(14)15/h8-12H,5-7H2,1-4H3,(H,14,15)/t9-,10+,11-,12?/m1/s1. The minimum absolute atomic E-state index is 0.172. The van der Waals surface area contributed by atoms with Crippen molar-refractivity contribution in [2.75, 3.05) is 7.11 Å². The van der Waals surface area contributed by atoms with E-state index in [-0.39, 0.29) is 5.92 Å². The van der Waals surface area contributed by atoms with Gasteiger partial charge in [0, 0.05) is 7.11 Å². The number of ether oxygens (including phenoxy) is 1. The Bertz CT molecular complexity index is 237. The molecule has 1 aliphatic rings. The molecule has 0 radical (unpaired) electrons. The van der Waals surface area contributed by atoms with E-state index >= 15 is 0 Å². The van der Waals surface area contributed by atoms with Crippen LogP contribution in [0.5, 0.6) is 0 Å². The first-order valence-electron chi connectivity index (χ1n) is 6.23. The topological polar surface area (TPSA) is 46.5 Å². The van der Waals surface area contributed by atoms with Gasteiger partial charge in [-0.15, -0.1) is 0 Å². The number of carboxylic acid groups (broad SMARTS) is 1. The van der Waals surface area contributed by atoms with E-state index in [1.165, 1.54) is 13.5 Å². The fourth-order valence-electron chi connectivity index (χ4n) is 3.08. The summed E-state index contributed by atoms with van der Waals surface area (Å²) >= 11 is 0. The van der Waals surface area contributed by atoms with E-state index in [0.717, 1.165) is 12.8 Å². The Kier molecular flexibility index (Phi) is 4.78. The van der Waals surface area contributed by atoms with Crippen molar-refractivity contribution in [3.05, 3.63) is 0 Å². The van der Waals surface area contributed by atoms with Gasteiger partial charge in [0.2, 0.25) is 0 Å². The average molecular weight is 228 g/mol. The molecule has 16 heavy (non-hydrogen) atoms. The molecule has 0 heterocycles. The summed E-state index contributed by atoms with van der Waals surface area (Å²) in [6, 6.07) is 0. The molecule has 1 saturated carbocycles. The molecule has 4 atom stereocenters. The van der Waals surface area contributed by atoms with Crippen LogP contribution in [0, 0.1) is 23.7 Å². The van der Waals surface area contributed by atoms with Crippen molar-refractivity contribution in [1.29, 1.82) is 0 Å². The molecule has 0 amide bonds. The van der Waals surface area contributed by atoms with Gasteiger partial charge >= 0.3 is 5.97 Å². The number of methoxy groups -OCH3 is 1. The van der Waals surface area contributed by atoms with Crippen molar-refractivity contribution in [1.82, 2.24) is 0 Å². The quantitative estimate of drug-likeness (QED) is 0.804. The molecule has 0 saturated heterocycles. The number of carboxylic acids is 1. The first-order valence-corrected chi connectivity index (χ1v) is 6.23. The largest absolute Gasteiger partial charge is 0.479 e. The predicted octanol–water partition coefficient (Wildman–Crippen LogP) is 2.79. The lowest BCUT2D eigenvalue weighted by Crippen LogP contribution is -2.41. The molecule has 0 aromatic carbocycles. The fourth-order valence-corrected chi connectivity index (χ4v) is 3.08. The highest BCUT2D eigenvalue weighted by Crippen LogP contribution is 2.40. The fraction of sp³-hybridized carbons (Fsp3) is 0.923. The van der Waals surface area contributed by atoms with Crippen LogP contribution in [0.15, 0.2) is 0 Å². The lowest BCUT2D eigenvalue weighted by Gasteiger charge is -2.39. The lowest BCUT2D eigenvalue weighted by molar-refractivity contribution is -0.155. The van der Waals surface area contributed by atoms with Gasteiger partial charge in [-0.2, -0.15) is 0 Å². The van der Waals surface area contributed by atoms with E-state index in [9.17, 15) is 9.90 Å². The monoisotopic (exact) mass is 228 g/mol. The molecule has 0 bridgehead atoms. The Morgan fingerprint density at radius 1 is 1.31 bits per heavy atom. The molecule has 1 fully saturated rings. The van der Waals surface area contributed by atoms with Crippen molar-refractivity contribution in [3.8, 4) is 0 Å². The summed E-state index contributed by atoms with van der Waals surface area (Å²) < 4.78 is 5.18. The Labute approximate surface area is 98.2 Å². The van der Waals surface area contributed by atoms with Crippen LogP contribution in [0.25, 0.3) is 0 Å². The minimum atomic E-state index is -0.813. The third kappa shape index (κ3) is 2.97. The van der Waals surface area contributed by atoms with Gasteiger partial charge in [0.25, 0.3) is 0 Å². The predicted molar refractivity (Wildman–Crippen MR) is 63.3 cm³/mol. The Balaban J connectivity index is 2.81. The van der Waals surface area contributed by atoms with E-state index in [2.05, 4.69) is 20.8 Å². The molecule has 94 valence electrons. The molecular formula is C13H24O3. The van der Waals surface area contributed by atoms with Gasteiger partial charge in [0.15, 0.2) is 6.10 Å². The van der Waals surface area contributed by atoms with Crippen LogP contribution in [-0.4, -0.2) is 24.3 Å². The molecule has 0 spiro atoms. The molecule has 3 nitrogen and oxygen atoms in total. The number of hydrogen-bond acceptors (Lipinski definition) is 2. The zero-order chi connectivity index (χ0) is 12.3. The van der Waals surface area contributed by atoms with E-state index in [0.29, 0.717) is 17.8 Å². The van der Waals surface area contributed by atoms with Gasteiger partial charge in [-0.1, -0.05) is 27.2 Å².